The highest BCUT2D eigenvalue weighted by atomic mass is 32.2. The molecular formula is C10H16O3S. The lowest BCUT2D eigenvalue weighted by atomic mass is 9.60. The van der Waals surface area contributed by atoms with Gasteiger partial charge in [0.25, 0.3) is 0 Å². The van der Waals surface area contributed by atoms with Crippen LogP contribution in [0.25, 0.3) is 0 Å². The molecule has 1 N–H and O–H groups in total. The number of aliphatic hydroxyl groups is 1. The van der Waals surface area contributed by atoms with Crippen LogP contribution in [-0.4, -0.2) is 31.6 Å². The standard InChI is InChI=1S/C10H16O3S/c11-3-6-1-7-8(2-6)10-5-14(12,13)4-9(7)10/h6-11H,1-5H2. The first-order chi connectivity index (χ1) is 6.61. The summed E-state index contributed by atoms with van der Waals surface area (Å²) in [5.74, 6) is 3.44. The topological polar surface area (TPSA) is 54.4 Å². The number of sulfone groups is 1. The Morgan fingerprint density at radius 1 is 1.00 bits per heavy atom. The zero-order valence-electron chi connectivity index (χ0n) is 8.09. The molecule has 4 unspecified atom stereocenters. The minimum atomic E-state index is -2.71. The molecule has 0 aromatic rings. The second-order valence-corrected chi connectivity index (χ2v) is 7.41. The Labute approximate surface area is 84.4 Å². The molecule has 0 amide bonds. The summed E-state index contributed by atoms with van der Waals surface area (Å²) in [6.07, 6.45) is 2.13. The first kappa shape index (κ1) is 9.16. The van der Waals surface area contributed by atoms with Crippen LogP contribution in [0.1, 0.15) is 12.8 Å². The van der Waals surface area contributed by atoms with Crippen LogP contribution in [0.3, 0.4) is 0 Å². The normalized spacial score (nSPS) is 53.6. The van der Waals surface area contributed by atoms with Gasteiger partial charge in [-0.25, -0.2) is 8.42 Å². The summed E-state index contributed by atoms with van der Waals surface area (Å²) in [5, 5.41) is 9.08. The maximum atomic E-state index is 11.4. The maximum absolute atomic E-state index is 11.4. The molecule has 1 saturated heterocycles. The lowest BCUT2D eigenvalue weighted by Gasteiger charge is -2.44. The van der Waals surface area contributed by atoms with Gasteiger partial charge in [0.2, 0.25) is 0 Å². The molecule has 3 rings (SSSR count). The van der Waals surface area contributed by atoms with E-state index in [1.54, 1.807) is 0 Å². The van der Waals surface area contributed by atoms with Crippen LogP contribution in [-0.2, 0) is 9.84 Å². The summed E-state index contributed by atoms with van der Waals surface area (Å²) >= 11 is 0. The van der Waals surface area contributed by atoms with Gasteiger partial charge in [-0.1, -0.05) is 0 Å². The monoisotopic (exact) mass is 216 g/mol. The van der Waals surface area contributed by atoms with Gasteiger partial charge in [0.05, 0.1) is 11.5 Å². The third kappa shape index (κ3) is 1.10. The van der Waals surface area contributed by atoms with Crippen LogP contribution in [0.4, 0.5) is 0 Å². The van der Waals surface area contributed by atoms with Gasteiger partial charge in [-0.2, -0.15) is 0 Å². The van der Waals surface area contributed by atoms with Crippen molar-refractivity contribution in [1.29, 1.82) is 0 Å². The van der Waals surface area contributed by atoms with E-state index >= 15 is 0 Å². The van der Waals surface area contributed by atoms with Crippen LogP contribution >= 0.6 is 0 Å². The van der Waals surface area contributed by atoms with E-state index in [4.69, 9.17) is 5.11 Å². The summed E-state index contributed by atoms with van der Waals surface area (Å²) in [6.45, 7) is 0.291. The van der Waals surface area contributed by atoms with Crippen molar-refractivity contribution in [2.75, 3.05) is 18.1 Å². The van der Waals surface area contributed by atoms with E-state index in [2.05, 4.69) is 0 Å². The van der Waals surface area contributed by atoms with E-state index in [-0.39, 0.29) is 0 Å². The summed E-state index contributed by atoms with van der Waals surface area (Å²) in [4.78, 5) is 0. The molecular weight excluding hydrogens is 200 g/mol. The van der Waals surface area contributed by atoms with Gasteiger partial charge in [0, 0.05) is 6.61 Å². The lowest BCUT2D eigenvalue weighted by molar-refractivity contribution is 0.0462. The van der Waals surface area contributed by atoms with Crippen LogP contribution < -0.4 is 0 Å². The number of aliphatic hydroxyl groups excluding tert-OH is 1. The Morgan fingerprint density at radius 3 is 1.93 bits per heavy atom. The van der Waals surface area contributed by atoms with Gasteiger partial charge in [-0.15, -0.1) is 0 Å². The molecule has 0 radical (unpaired) electrons. The van der Waals surface area contributed by atoms with E-state index in [9.17, 15) is 8.42 Å². The van der Waals surface area contributed by atoms with E-state index in [1.165, 1.54) is 0 Å². The fourth-order valence-electron chi connectivity index (χ4n) is 3.99. The lowest BCUT2D eigenvalue weighted by Crippen LogP contribution is -2.42. The minimum Gasteiger partial charge on any atom is -0.396 e. The maximum Gasteiger partial charge on any atom is 0.150 e. The van der Waals surface area contributed by atoms with Crippen molar-refractivity contribution < 1.29 is 13.5 Å². The Hall–Kier alpha value is -0.0900. The highest BCUT2D eigenvalue weighted by Crippen LogP contribution is 2.60. The first-order valence-electron chi connectivity index (χ1n) is 5.42. The highest BCUT2D eigenvalue weighted by Gasteiger charge is 2.59. The van der Waals surface area contributed by atoms with Crippen LogP contribution in [0.15, 0.2) is 0 Å². The zero-order valence-corrected chi connectivity index (χ0v) is 8.91. The number of fused-ring (bicyclic) bond motifs is 4. The molecule has 0 aromatic carbocycles. The summed E-state index contributed by atoms with van der Waals surface area (Å²) in [6, 6.07) is 0. The zero-order chi connectivity index (χ0) is 9.92. The molecule has 80 valence electrons. The third-order valence-electron chi connectivity index (χ3n) is 4.56. The second-order valence-electron chi connectivity index (χ2n) is 5.25. The predicted octanol–water partition coefficient (Wildman–Crippen LogP) is 0.295. The van der Waals surface area contributed by atoms with E-state index < -0.39 is 9.84 Å². The van der Waals surface area contributed by atoms with E-state index in [0.29, 0.717) is 47.7 Å². The van der Waals surface area contributed by atoms with Gasteiger partial charge in [0.1, 0.15) is 0 Å². The molecule has 2 saturated carbocycles. The molecule has 3 aliphatic rings. The minimum absolute atomic E-state index is 0.291. The molecule has 0 bridgehead atoms. The molecule has 3 nitrogen and oxygen atoms in total. The Bertz CT molecular complexity index is 322. The van der Waals surface area contributed by atoms with Crippen LogP contribution in [0, 0.1) is 29.6 Å². The van der Waals surface area contributed by atoms with Crippen molar-refractivity contribution >= 4 is 9.84 Å². The van der Waals surface area contributed by atoms with Gasteiger partial charge < -0.3 is 5.11 Å². The Balaban J connectivity index is 1.78. The first-order valence-corrected chi connectivity index (χ1v) is 7.24. The van der Waals surface area contributed by atoms with Gasteiger partial charge in [-0.05, 0) is 42.4 Å². The molecule has 3 fully saturated rings. The molecule has 1 heterocycles. The SMILES string of the molecule is O=S1(=O)CC2C3CC(CO)CC3C2C1. The van der Waals surface area contributed by atoms with Crippen LogP contribution in [0.5, 0.6) is 0 Å². The average Bonchev–Trinajstić information content (AvgIpc) is 2.62. The molecule has 4 heteroatoms. The fraction of sp³-hybridized carbons (Fsp3) is 1.00. The van der Waals surface area contributed by atoms with Gasteiger partial charge >= 0.3 is 0 Å². The van der Waals surface area contributed by atoms with Crippen LogP contribution in [0.2, 0.25) is 0 Å². The predicted molar refractivity (Wildman–Crippen MR) is 52.4 cm³/mol. The molecule has 0 aromatic heterocycles. The molecule has 2 aliphatic carbocycles. The van der Waals surface area contributed by atoms with Crippen molar-refractivity contribution in [2.45, 2.75) is 12.8 Å². The fourth-order valence-corrected chi connectivity index (χ4v) is 6.29. The van der Waals surface area contributed by atoms with Gasteiger partial charge in [-0.3, -0.25) is 0 Å². The molecule has 14 heavy (non-hydrogen) atoms. The van der Waals surface area contributed by atoms with E-state index in [0.717, 1.165) is 12.8 Å². The van der Waals surface area contributed by atoms with E-state index in [1.807, 2.05) is 0 Å². The quantitative estimate of drug-likeness (QED) is 0.685. The summed E-state index contributed by atoms with van der Waals surface area (Å²) in [7, 11) is -2.71. The van der Waals surface area contributed by atoms with Crippen molar-refractivity contribution in [3.8, 4) is 0 Å². The molecule has 4 atom stereocenters. The molecule has 1 aliphatic heterocycles. The Morgan fingerprint density at radius 2 is 1.50 bits per heavy atom. The number of rotatable bonds is 1. The van der Waals surface area contributed by atoms with Crippen molar-refractivity contribution in [2.24, 2.45) is 29.6 Å². The Kier molecular flexibility index (Phi) is 1.78. The third-order valence-corrected chi connectivity index (χ3v) is 6.35. The number of hydrogen-bond acceptors (Lipinski definition) is 3. The summed E-state index contributed by atoms with van der Waals surface area (Å²) < 4.78 is 22.8. The smallest absolute Gasteiger partial charge is 0.150 e. The molecule has 0 spiro atoms. The average molecular weight is 216 g/mol. The number of hydrogen-bond donors (Lipinski definition) is 1. The van der Waals surface area contributed by atoms with Crippen molar-refractivity contribution in [3.05, 3.63) is 0 Å². The highest BCUT2D eigenvalue weighted by molar-refractivity contribution is 7.91. The summed E-state index contributed by atoms with van der Waals surface area (Å²) in [5.41, 5.74) is 0. The second kappa shape index (κ2) is 2.73. The van der Waals surface area contributed by atoms with Crippen molar-refractivity contribution in [3.63, 3.8) is 0 Å². The van der Waals surface area contributed by atoms with Gasteiger partial charge in [0.15, 0.2) is 9.84 Å². The largest absolute Gasteiger partial charge is 0.396 e. The van der Waals surface area contributed by atoms with Crippen molar-refractivity contribution in [1.82, 2.24) is 0 Å².